The van der Waals surface area contributed by atoms with Gasteiger partial charge in [-0.3, -0.25) is 0 Å². The van der Waals surface area contributed by atoms with E-state index in [9.17, 15) is 0 Å². The maximum Gasteiger partial charge on any atom is 0.165 e. The molecule has 1 aliphatic carbocycles. The Kier molecular flexibility index (Phi) is 2.13. The fourth-order valence-corrected chi connectivity index (χ4v) is 2.54. The highest BCUT2D eigenvalue weighted by molar-refractivity contribution is 4.87. The summed E-state index contributed by atoms with van der Waals surface area (Å²) in [5.41, 5.74) is 0. The van der Waals surface area contributed by atoms with Crippen LogP contribution in [0.3, 0.4) is 0 Å². The molecule has 2 nitrogen and oxygen atoms in total. The summed E-state index contributed by atoms with van der Waals surface area (Å²) in [5, 5.41) is 0. The Balaban J connectivity index is 2.02. The monoisotopic (exact) mass is 170 g/mol. The minimum absolute atomic E-state index is 0.278. The quantitative estimate of drug-likeness (QED) is 0.601. The van der Waals surface area contributed by atoms with Gasteiger partial charge in [-0.25, -0.2) is 0 Å². The maximum absolute atomic E-state index is 5.88. The van der Waals surface area contributed by atoms with Crippen LogP contribution in [0.5, 0.6) is 0 Å². The van der Waals surface area contributed by atoms with Crippen molar-refractivity contribution in [3.05, 3.63) is 0 Å². The summed E-state index contributed by atoms with van der Waals surface area (Å²) in [6, 6.07) is 0. The van der Waals surface area contributed by atoms with Crippen molar-refractivity contribution in [1.29, 1.82) is 0 Å². The Morgan fingerprint density at radius 1 is 1.33 bits per heavy atom. The second-order valence-corrected chi connectivity index (χ2v) is 4.24. The van der Waals surface area contributed by atoms with Gasteiger partial charge in [0.15, 0.2) is 5.79 Å². The predicted octanol–water partition coefficient (Wildman–Crippen LogP) is 2.33. The molecule has 70 valence electrons. The molecule has 2 rings (SSSR count). The minimum Gasteiger partial charge on any atom is -0.353 e. The van der Waals surface area contributed by atoms with Crippen LogP contribution in [0.15, 0.2) is 0 Å². The Labute approximate surface area is 74.2 Å². The van der Waals surface area contributed by atoms with Gasteiger partial charge in [-0.05, 0) is 25.7 Å². The molecule has 0 unspecified atom stereocenters. The largest absolute Gasteiger partial charge is 0.353 e. The van der Waals surface area contributed by atoms with Crippen molar-refractivity contribution in [3.8, 4) is 0 Å². The van der Waals surface area contributed by atoms with Crippen LogP contribution in [-0.4, -0.2) is 19.0 Å². The summed E-state index contributed by atoms with van der Waals surface area (Å²) in [7, 11) is 1.75. The molecular formula is C10H18O2. The van der Waals surface area contributed by atoms with Crippen molar-refractivity contribution in [2.45, 2.75) is 50.9 Å². The average molecular weight is 170 g/mol. The smallest absolute Gasteiger partial charge is 0.165 e. The number of ether oxygens (including phenoxy) is 2. The van der Waals surface area contributed by atoms with Crippen LogP contribution in [0.25, 0.3) is 0 Å². The van der Waals surface area contributed by atoms with Gasteiger partial charge in [0.25, 0.3) is 0 Å². The Bertz CT molecular complexity index is 153. The van der Waals surface area contributed by atoms with Crippen LogP contribution in [-0.2, 0) is 9.47 Å². The van der Waals surface area contributed by atoms with Crippen molar-refractivity contribution in [2.24, 2.45) is 5.92 Å². The van der Waals surface area contributed by atoms with Crippen molar-refractivity contribution in [2.75, 3.05) is 7.11 Å². The molecule has 0 N–H and O–H groups in total. The first-order valence-corrected chi connectivity index (χ1v) is 4.96. The first-order valence-electron chi connectivity index (χ1n) is 4.96. The van der Waals surface area contributed by atoms with Crippen molar-refractivity contribution in [3.63, 3.8) is 0 Å². The van der Waals surface area contributed by atoms with E-state index in [0.717, 1.165) is 12.3 Å². The number of fused-ring (bicyclic) bond motifs is 1. The Morgan fingerprint density at radius 3 is 2.75 bits per heavy atom. The van der Waals surface area contributed by atoms with E-state index in [0.29, 0.717) is 6.10 Å². The summed E-state index contributed by atoms with van der Waals surface area (Å²) in [6.45, 7) is 2.06. The molecule has 1 aliphatic heterocycles. The zero-order valence-corrected chi connectivity index (χ0v) is 8.01. The van der Waals surface area contributed by atoms with Crippen LogP contribution in [0, 0.1) is 5.92 Å². The third-order valence-electron chi connectivity index (χ3n) is 3.30. The highest BCUT2D eigenvalue weighted by Gasteiger charge is 2.43. The number of hydrogen-bond donors (Lipinski definition) is 0. The molecule has 0 radical (unpaired) electrons. The first kappa shape index (κ1) is 8.52. The third-order valence-corrected chi connectivity index (χ3v) is 3.30. The second kappa shape index (κ2) is 3.00. The molecule has 0 spiro atoms. The second-order valence-electron chi connectivity index (χ2n) is 4.24. The van der Waals surface area contributed by atoms with E-state index >= 15 is 0 Å². The fourth-order valence-electron chi connectivity index (χ4n) is 2.54. The van der Waals surface area contributed by atoms with Gasteiger partial charge < -0.3 is 9.47 Å². The van der Waals surface area contributed by atoms with Gasteiger partial charge in [-0.2, -0.15) is 0 Å². The van der Waals surface area contributed by atoms with Gasteiger partial charge in [0, 0.05) is 13.5 Å². The molecule has 0 aromatic rings. The standard InChI is InChI=1S/C10H18O2/c1-10(11-2)7-8-5-3-4-6-9(8)12-10/h8-9H,3-7H2,1-2H3/t8-,9-,10+/m1/s1. The van der Waals surface area contributed by atoms with E-state index in [2.05, 4.69) is 6.92 Å². The molecule has 1 heterocycles. The predicted molar refractivity (Wildman–Crippen MR) is 46.9 cm³/mol. The SMILES string of the molecule is CO[C@]1(C)C[C@H]2CCCC[C@H]2O1. The van der Waals surface area contributed by atoms with Crippen LogP contribution in [0.4, 0.5) is 0 Å². The highest BCUT2D eigenvalue weighted by Crippen LogP contribution is 2.42. The lowest BCUT2D eigenvalue weighted by molar-refractivity contribution is -0.200. The zero-order chi connectivity index (χ0) is 8.60. The molecule has 2 fully saturated rings. The van der Waals surface area contributed by atoms with Crippen LogP contribution < -0.4 is 0 Å². The molecule has 0 bridgehead atoms. The van der Waals surface area contributed by atoms with E-state index in [1.807, 2.05) is 0 Å². The topological polar surface area (TPSA) is 18.5 Å². The van der Waals surface area contributed by atoms with E-state index in [4.69, 9.17) is 9.47 Å². The molecular weight excluding hydrogens is 152 g/mol. The molecule has 1 saturated carbocycles. The van der Waals surface area contributed by atoms with Gasteiger partial charge >= 0.3 is 0 Å². The molecule has 1 saturated heterocycles. The van der Waals surface area contributed by atoms with E-state index in [1.165, 1.54) is 25.7 Å². The van der Waals surface area contributed by atoms with E-state index < -0.39 is 0 Å². The van der Waals surface area contributed by atoms with E-state index in [1.54, 1.807) is 7.11 Å². The fraction of sp³-hybridized carbons (Fsp3) is 1.00. The first-order chi connectivity index (χ1) is 5.73. The normalized spacial score (nSPS) is 47.5. The molecule has 12 heavy (non-hydrogen) atoms. The number of hydrogen-bond acceptors (Lipinski definition) is 2. The van der Waals surface area contributed by atoms with Crippen LogP contribution in [0.1, 0.15) is 39.0 Å². The summed E-state index contributed by atoms with van der Waals surface area (Å²) in [4.78, 5) is 0. The Morgan fingerprint density at radius 2 is 2.08 bits per heavy atom. The van der Waals surface area contributed by atoms with Crippen molar-refractivity contribution < 1.29 is 9.47 Å². The van der Waals surface area contributed by atoms with Gasteiger partial charge in [0.05, 0.1) is 6.10 Å². The molecule has 0 aromatic carbocycles. The molecule has 2 heteroatoms. The van der Waals surface area contributed by atoms with E-state index in [-0.39, 0.29) is 5.79 Å². The van der Waals surface area contributed by atoms with Crippen LogP contribution >= 0.6 is 0 Å². The third kappa shape index (κ3) is 1.38. The average Bonchev–Trinajstić information content (AvgIpc) is 2.42. The molecule has 0 aromatic heterocycles. The van der Waals surface area contributed by atoms with Crippen molar-refractivity contribution in [1.82, 2.24) is 0 Å². The highest BCUT2D eigenvalue weighted by atomic mass is 16.7. The van der Waals surface area contributed by atoms with Gasteiger partial charge in [-0.15, -0.1) is 0 Å². The maximum atomic E-state index is 5.88. The summed E-state index contributed by atoms with van der Waals surface area (Å²) in [5.74, 6) is 0.489. The minimum atomic E-state index is -0.278. The summed E-state index contributed by atoms with van der Waals surface area (Å²) in [6.07, 6.45) is 6.87. The lowest BCUT2D eigenvalue weighted by Crippen LogP contribution is -2.27. The lowest BCUT2D eigenvalue weighted by Gasteiger charge is -2.24. The van der Waals surface area contributed by atoms with Gasteiger partial charge in [0.2, 0.25) is 0 Å². The number of rotatable bonds is 1. The summed E-state index contributed by atoms with van der Waals surface area (Å²) < 4.78 is 11.2. The molecule has 0 amide bonds. The zero-order valence-electron chi connectivity index (χ0n) is 8.01. The molecule has 3 atom stereocenters. The summed E-state index contributed by atoms with van der Waals surface area (Å²) >= 11 is 0. The van der Waals surface area contributed by atoms with Crippen LogP contribution in [0.2, 0.25) is 0 Å². The van der Waals surface area contributed by atoms with Gasteiger partial charge in [0.1, 0.15) is 0 Å². The van der Waals surface area contributed by atoms with Crippen molar-refractivity contribution >= 4 is 0 Å². The molecule has 2 aliphatic rings. The van der Waals surface area contributed by atoms with Gasteiger partial charge in [-0.1, -0.05) is 12.8 Å². The number of methoxy groups -OCH3 is 1. The lowest BCUT2D eigenvalue weighted by atomic mass is 9.85. The Hall–Kier alpha value is -0.0800.